The van der Waals surface area contributed by atoms with Crippen molar-refractivity contribution in [3.8, 4) is 16.9 Å². The standard InChI is InChI=1S/C21H17ClN2O2/c22-17-4-1-14(2-5-17)7-10-24-21(25)15-3-6-19-18-8-9-23-12-16(18)13-26-20(19)11-15/h1-6,8-9,11-12H,7,10,13H2,(H,24,25). The van der Waals surface area contributed by atoms with Crippen molar-refractivity contribution in [2.75, 3.05) is 6.54 Å². The summed E-state index contributed by atoms with van der Waals surface area (Å²) in [6, 6.07) is 15.2. The van der Waals surface area contributed by atoms with Crippen molar-refractivity contribution < 1.29 is 9.53 Å². The first-order valence-corrected chi connectivity index (χ1v) is 8.81. The van der Waals surface area contributed by atoms with Gasteiger partial charge in [-0.25, -0.2) is 0 Å². The summed E-state index contributed by atoms with van der Waals surface area (Å²) in [5.74, 6) is 0.625. The van der Waals surface area contributed by atoms with E-state index in [1.54, 1.807) is 12.3 Å². The third-order valence-electron chi connectivity index (χ3n) is 4.43. The van der Waals surface area contributed by atoms with Crippen LogP contribution in [0.25, 0.3) is 11.1 Å². The summed E-state index contributed by atoms with van der Waals surface area (Å²) in [5.41, 5.74) is 4.88. The first-order valence-electron chi connectivity index (χ1n) is 8.43. The van der Waals surface area contributed by atoms with Crippen LogP contribution in [0.4, 0.5) is 0 Å². The van der Waals surface area contributed by atoms with Crippen LogP contribution < -0.4 is 10.1 Å². The van der Waals surface area contributed by atoms with Gasteiger partial charge in [-0.15, -0.1) is 0 Å². The monoisotopic (exact) mass is 364 g/mol. The van der Waals surface area contributed by atoms with Crippen LogP contribution in [0.2, 0.25) is 5.02 Å². The zero-order chi connectivity index (χ0) is 17.9. The van der Waals surface area contributed by atoms with Crippen LogP contribution in [0, 0.1) is 0 Å². The minimum Gasteiger partial charge on any atom is -0.488 e. The molecule has 130 valence electrons. The Labute approximate surface area is 156 Å². The second kappa shape index (κ2) is 7.18. The summed E-state index contributed by atoms with van der Waals surface area (Å²) in [6.07, 6.45) is 4.34. The topological polar surface area (TPSA) is 51.2 Å². The Morgan fingerprint density at radius 1 is 1.12 bits per heavy atom. The van der Waals surface area contributed by atoms with Gasteiger partial charge in [0.15, 0.2) is 0 Å². The SMILES string of the molecule is O=C(NCCc1ccc(Cl)cc1)c1ccc2c(c1)OCc1cnccc1-2. The van der Waals surface area contributed by atoms with Crippen LogP contribution in [0.5, 0.6) is 5.75 Å². The van der Waals surface area contributed by atoms with Crippen LogP contribution in [0.15, 0.2) is 60.9 Å². The van der Waals surface area contributed by atoms with Gasteiger partial charge >= 0.3 is 0 Å². The van der Waals surface area contributed by atoms with E-state index in [9.17, 15) is 4.79 Å². The fraction of sp³-hybridized carbons (Fsp3) is 0.143. The quantitative estimate of drug-likeness (QED) is 0.752. The molecule has 5 heteroatoms. The van der Waals surface area contributed by atoms with Gasteiger partial charge in [0.1, 0.15) is 12.4 Å². The highest BCUT2D eigenvalue weighted by molar-refractivity contribution is 6.30. The van der Waals surface area contributed by atoms with Gasteiger partial charge in [-0.1, -0.05) is 23.7 Å². The lowest BCUT2D eigenvalue weighted by Gasteiger charge is -2.20. The van der Waals surface area contributed by atoms with E-state index in [1.807, 2.05) is 48.7 Å². The highest BCUT2D eigenvalue weighted by atomic mass is 35.5. The highest BCUT2D eigenvalue weighted by Crippen LogP contribution is 2.37. The summed E-state index contributed by atoms with van der Waals surface area (Å²) in [6.45, 7) is 1.03. The maximum Gasteiger partial charge on any atom is 0.251 e. The highest BCUT2D eigenvalue weighted by Gasteiger charge is 2.18. The maximum atomic E-state index is 12.4. The molecule has 26 heavy (non-hydrogen) atoms. The zero-order valence-electron chi connectivity index (χ0n) is 14.0. The van der Waals surface area contributed by atoms with Gasteiger partial charge in [-0.2, -0.15) is 0 Å². The second-order valence-corrected chi connectivity index (χ2v) is 6.60. The number of fused-ring (bicyclic) bond motifs is 3. The third kappa shape index (κ3) is 3.41. The number of carbonyl (C=O) groups excluding carboxylic acids is 1. The molecule has 3 aromatic rings. The lowest BCUT2D eigenvalue weighted by molar-refractivity contribution is 0.0953. The second-order valence-electron chi connectivity index (χ2n) is 6.16. The molecule has 0 saturated carbocycles. The zero-order valence-corrected chi connectivity index (χ0v) is 14.8. The minimum atomic E-state index is -0.106. The Kier molecular flexibility index (Phi) is 4.59. The van der Waals surface area contributed by atoms with Gasteiger partial charge in [0.2, 0.25) is 0 Å². The number of benzene rings is 2. The van der Waals surface area contributed by atoms with Crippen LogP contribution in [-0.2, 0) is 13.0 Å². The molecule has 1 aliphatic heterocycles. The normalized spacial score (nSPS) is 11.9. The Morgan fingerprint density at radius 2 is 1.96 bits per heavy atom. The van der Waals surface area contributed by atoms with Crippen molar-refractivity contribution >= 4 is 17.5 Å². The molecule has 0 bridgehead atoms. The van der Waals surface area contributed by atoms with Gasteiger partial charge in [0, 0.05) is 40.7 Å². The number of ether oxygens (including phenoxy) is 1. The summed E-state index contributed by atoms with van der Waals surface area (Å²) < 4.78 is 5.79. The van der Waals surface area contributed by atoms with E-state index in [1.165, 1.54) is 0 Å². The Morgan fingerprint density at radius 3 is 2.81 bits per heavy atom. The first kappa shape index (κ1) is 16.6. The Bertz CT molecular complexity index is 954. The average molecular weight is 365 g/mol. The van der Waals surface area contributed by atoms with E-state index in [2.05, 4.69) is 10.3 Å². The number of nitrogens with zero attached hydrogens (tertiary/aromatic N) is 1. The van der Waals surface area contributed by atoms with Crippen molar-refractivity contribution in [3.63, 3.8) is 0 Å². The molecule has 4 rings (SSSR count). The number of nitrogens with one attached hydrogen (secondary N) is 1. The Balaban J connectivity index is 1.44. The number of hydrogen-bond acceptors (Lipinski definition) is 3. The summed E-state index contributed by atoms with van der Waals surface area (Å²) in [5, 5.41) is 3.66. The number of amides is 1. The fourth-order valence-corrected chi connectivity index (χ4v) is 3.17. The number of halogens is 1. The number of rotatable bonds is 4. The van der Waals surface area contributed by atoms with Crippen molar-refractivity contribution in [1.29, 1.82) is 0 Å². The van der Waals surface area contributed by atoms with Crippen LogP contribution in [-0.4, -0.2) is 17.4 Å². The smallest absolute Gasteiger partial charge is 0.251 e. The molecule has 1 N–H and O–H groups in total. The van der Waals surface area contributed by atoms with Crippen LogP contribution >= 0.6 is 11.6 Å². The van der Waals surface area contributed by atoms with Crippen molar-refractivity contribution in [2.24, 2.45) is 0 Å². The lowest BCUT2D eigenvalue weighted by Crippen LogP contribution is -2.25. The summed E-state index contributed by atoms with van der Waals surface area (Å²) in [4.78, 5) is 16.6. The van der Waals surface area contributed by atoms with E-state index >= 15 is 0 Å². The van der Waals surface area contributed by atoms with Gasteiger partial charge in [-0.05, 0) is 53.9 Å². The van der Waals surface area contributed by atoms with Crippen molar-refractivity contribution in [2.45, 2.75) is 13.0 Å². The molecule has 0 fully saturated rings. The first-order chi connectivity index (χ1) is 12.7. The van der Waals surface area contributed by atoms with Crippen LogP contribution in [0.1, 0.15) is 21.5 Å². The van der Waals surface area contributed by atoms with E-state index in [0.29, 0.717) is 23.7 Å². The molecule has 1 aromatic heterocycles. The molecular formula is C21H17ClN2O2. The fourth-order valence-electron chi connectivity index (χ4n) is 3.04. The van der Waals surface area contributed by atoms with Crippen molar-refractivity contribution in [1.82, 2.24) is 10.3 Å². The predicted octanol–water partition coefficient (Wildman–Crippen LogP) is 4.27. The van der Waals surface area contributed by atoms with E-state index in [-0.39, 0.29) is 5.91 Å². The number of carbonyl (C=O) groups is 1. The molecule has 0 radical (unpaired) electrons. The largest absolute Gasteiger partial charge is 0.488 e. The Hall–Kier alpha value is -2.85. The molecule has 2 aromatic carbocycles. The van der Waals surface area contributed by atoms with Crippen LogP contribution in [0.3, 0.4) is 0 Å². The third-order valence-corrected chi connectivity index (χ3v) is 4.69. The molecular weight excluding hydrogens is 348 g/mol. The number of pyridine rings is 1. The molecule has 2 heterocycles. The molecule has 0 unspecified atom stereocenters. The van der Waals surface area contributed by atoms with Gasteiger partial charge in [-0.3, -0.25) is 9.78 Å². The van der Waals surface area contributed by atoms with E-state index in [0.717, 1.165) is 34.4 Å². The molecule has 1 aliphatic rings. The predicted molar refractivity (Wildman–Crippen MR) is 101 cm³/mol. The summed E-state index contributed by atoms with van der Waals surface area (Å²) >= 11 is 5.88. The molecule has 0 aliphatic carbocycles. The number of aromatic nitrogens is 1. The van der Waals surface area contributed by atoms with Gasteiger partial charge in [0.05, 0.1) is 0 Å². The molecule has 4 nitrogen and oxygen atoms in total. The minimum absolute atomic E-state index is 0.106. The van der Waals surface area contributed by atoms with Gasteiger partial charge < -0.3 is 10.1 Å². The lowest BCUT2D eigenvalue weighted by atomic mass is 9.97. The molecule has 0 saturated heterocycles. The van der Waals surface area contributed by atoms with E-state index < -0.39 is 0 Å². The van der Waals surface area contributed by atoms with Crippen molar-refractivity contribution in [3.05, 3.63) is 82.6 Å². The van der Waals surface area contributed by atoms with Gasteiger partial charge in [0.25, 0.3) is 5.91 Å². The molecule has 0 atom stereocenters. The van der Waals surface area contributed by atoms with E-state index in [4.69, 9.17) is 16.3 Å². The maximum absolute atomic E-state index is 12.4. The summed E-state index contributed by atoms with van der Waals surface area (Å²) in [7, 11) is 0. The number of hydrogen-bond donors (Lipinski definition) is 1. The molecule has 0 spiro atoms. The average Bonchev–Trinajstić information content (AvgIpc) is 2.69. The molecule has 1 amide bonds.